The highest BCUT2D eigenvalue weighted by atomic mass is 15.1. The van der Waals surface area contributed by atoms with Gasteiger partial charge in [0.2, 0.25) is 0 Å². The fourth-order valence-electron chi connectivity index (χ4n) is 2.18. The van der Waals surface area contributed by atoms with Crippen LogP contribution in [0.5, 0.6) is 0 Å². The SMILES string of the molecule is CCC=C(C=C(C)CCC)N1CCCC1. The van der Waals surface area contributed by atoms with E-state index in [1.807, 2.05) is 0 Å². The number of allylic oxidation sites excluding steroid dienone is 3. The van der Waals surface area contributed by atoms with E-state index in [2.05, 4.69) is 37.8 Å². The highest BCUT2D eigenvalue weighted by Crippen LogP contribution is 2.18. The molecule has 0 aromatic carbocycles. The molecule has 1 heteroatoms. The van der Waals surface area contributed by atoms with Crippen LogP contribution >= 0.6 is 0 Å². The molecule has 0 aromatic rings. The Labute approximate surface area is 94.9 Å². The summed E-state index contributed by atoms with van der Waals surface area (Å²) in [5.74, 6) is 0. The van der Waals surface area contributed by atoms with Gasteiger partial charge < -0.3 is 4.90 Å². The van der Waals surface area contributed by atoms with E-state index in [0.29, 0.717) is 0 Å². The van der Waals surface area contributed by atoms with Crippen LogP contribution in [0.15, 0.2) is 23.4 Å². The topological polar surface area (TPSA) is 3.24 Å². The van der Waals surface area contributed by atoms with Gasteiger partial charge in [0.1, 0.15) is 0 Å². The van der Waals surface area contributed by atoms with Crippen molar-refractivity contribution in [2.45, 2.75) is 52.9 Å². The first-order valence-electron chi connectivity index (χ1n) is 6.40. The molecular formula is C14H25N. The zero-order chi connectivity index (χ0) is 11.1. The Morgan fingerprint density at radius 1 is 1.20 bits per heavy atom. The highest BCUT2D eigenvalue weighted by molar-refractivity contribution is 5.22. The Kier molecular flexibility index (Phi) is 5.52. The van der Waals surface area contributed by atoms with Crippen LogP contribution in [0.4, 0.5) is 0 Å². The van der Waals surface area contributed by atoms with Crippen molar-refractivity contribution < 1.29 is 0 Å². The van der Waals surface area contributed by atoms with Crippen molar-refractivity contribution in [2.75, 3.05) is 13.1 Å². The molecule has 1 aliphatic heterocycles. The summed E-state index contributed by atoms with van der Waals surface area (Å²) in [6.07, 6.45) is 11.1. The molecule has 0 aliphatic carbocycles. The van der Waals surface area contributed by atoms with Crippen molar-refractivity contribution in [3.63, 3.8) is 0 Å². The van der Waals surface area contributed by atoms with Crippen LogP contribution in [0, 0.1) is 0 Å². The smallest absolute Gasteiger partial charge is 0.0324 e. The Morgan fingerprint density at radius 2 is 1.87 bits per heavy atom. The Bertz CT molecular complexity index is 232. The van der Waals surface area contributed by atoms with Crippen molar-refractivity contribution in [3.05, 3.63) is 23.4 Å². The predicted octanol–water partition coefficient (Wildman–Crippen LogP) is 4.12. The van der Waals surface area contributed by atoms with Gasteiger partial charge in [0.25, 0.3) is 0 Å². The second-order valence-electron chi connectivity index (χ2n) is 4.47. The molecule has 0 radical (unpaired) electrons. The third kappa shape index (κ3) is 4.11. The van der Waals surface area contributed by atoms with E-state index in [-0.39, 0.29) is 0 Å². The minimum absolute atomic E-state index is 1.14. The van der Waals surface area contributed by atoms with Crippen LogP contribution in [0.2, 0.25) is 0 Å². The fraction of sp³-hybridized carbons (Fsp3) is 0.714. The maximum atomic E-state index is 2.53. The molecule has 1 heterocycles. The quantitative estimate of drug-likeness (QED) is 0.613. The lowest BCUT2D eigenvalue weighted by Gasteiger charge is -2.19. The summed E-state index contributed by atoms with van der Waals surface area (Å²) >= 11 is 0. The van der Waals surface area contributed by atoms with Crippen LogP contribution < -0.4 is 0 Å². The maximum Gasteiger partial charge on any atom is 0.0324 e. The number of hydrogen-bond donors (Lipinski definition) is 0. The minimum atomic E-state index is 1.14. The van der Waals surface area contributed by atoms with E-state index in [1.165, 1.54) is 50.0 Å². The van der Waals surface area contributed by atoms with E-state index in [1.54, 1.807) is 0 Å². The molecule has 0 spiro atoms. The molecule has 0 unspecified atom stereocenters. The molecule has 1 fully saturated rings. The normalized spacial score (nSPS) is 18.7. The summed E-state index contributed by atoms with van der Waals surface area (Å²) in [4.78, 5) is 2.53. The number of likely N-dealkylation sites (tertiary alicyclic amines) is 1. The zero-order valence-corrected chi connectivity index (χ0v) is 10.6. The number of hydrogen-bond acceptors (Lipinski definition) is 1. The first-order valence-corrected chi connectivity index (χ1v) is 6.40. The second kappa shape index (κ2) is 6.71. The zero-order valence-electron chi connectivity index (χ0n) is 10.6. The summed E-state index contributed by atoms with van der Waals surface area (Å²) in [5, 5.41) is 0. The van der Waals surface area contributed by atoms with Crippen LogP contribution in [-0.4, -0.2) is 18.0 Å². The molecule has 0 atom stereocenters. The van der Waals surface area contributed by atoms with Crippen LogP contribution in [-0.2, 0) is 0 Å². The van der Waals surface area contributed by atoms with Crippen molar-refractivity contribution in [2.24, 2.45) is 0 Å². The summed E-state index contributed by atoms with van der Waals surface area (Å²) in [6.45, 7) is 9.22. The predicted molar refractivity (Wildman–Crippen MR) is 67.8 cm³/mol. The first kappa shape index (κ1) is 12.4. The Morgan fingerprint density at radius 3 is 2.40 bits per heavy atom. The Hall–Kier alpha value is -0.720. The molecule has 0 saturated carbocycles. The average Bonchev–Trinajstić information content (AvgIpc) is 2.70. The van der Waals surface area contributed by atoms with Gasteiger partial charge in [-0.15, -0.1) is 0 Å². The van der Waals surface area contributed by atoms with E-state index < -0.39 is 0 Å². The molecule has 1 nitrogen and oxygen atoms in total. The first-order chi connectivity index (χ1) is 7.27. The monoisotopic (exact) mass is 207 g/mol. The van der Waals surface area contributed by atoms with E-state index >= 15 is 0 Å². The third-order valence-electron chi connectivity index (χ3n) is 2.92. The molecule has 1 aliphatic rings. The molecule has 0 bridgehead atoms. The minimum Gasteiger partial charge on any atom is -0.372 e. The second-order valence-corrected chi connectivity index (χ2v) is 4.47. The van der Waals surface area contributed by atoms with Gasteiger partial charge in [-0.25, -0.2) is 0 Å². The van der Waals surface area contributed by atoms with Crippen molar-refractivity contribution in [1.29, 1.82) is 0 Å². The lowest BCUT2D eigenvalue weighted by atomic mass is 10.1. The number of nitrogens with zero attached hydrogens (tertiary/aromatic N) is 1. The Balaban J connectivity index is 2.65. The summed E-state index contributed by atoms with van der Waals surface area (Å²) < 4.78 is 0. The molecule has 15 heavy (non-hydrogen) atoms. The van der Waals surface area contributed by atoms with Gasteiger partial charge in [0.05, 0.1) is 0 Å². The lowest BCUT2D eigenvalue weighted by molar-refractivity contribution is 0.438. The van der Waals surface area contributed by atoms with Gasteiger partial charge in [0.15, 0.2) is 0 Å². The van der Waals surface area contributed by atoms with Gasteiger partial charge in [-0.2, -0.15) is 0 Å². The van der Waals surface area contributed by atoms with E-state index in [0.717, 1.165) is 6.42 Å². The molecule has 0 aromatic heterocycles. The van der Waals surface area contributed by atoms with Gasteiger partial charge >= 0.3 is 0 Å². The van der Waals surface area contributed by atoms with Crippen LogP contribution in [0.25, 0.3) is 0 Å². The lowest BCUT2D eigenvalue weighted by Crippen LogP contribution is -2.17. The molecule has 1 rings (SSSR count). The van der Waals surface area contributed by atoms with Gasteiger partial charge in [0, 0.05) is 18.8 Å². The highest BCUT2D eigenvalue weighted by Gasteiger charge is 2.12. The molecule has 86 valence electrons. The van der Waals surface area contributed by atoms with E-state index in [4.69, 9.17) is 0 Å². The largest absolute Gasteiger partial charge is 0.372 e. The number of rotatable bonds is 5. The molecule has 0 amide bonds. The van der Waals surface area contributed by atoms with Crippen molar-refractivity contribution in [3.8, 4) is 0 Å². The van der Waals surface area contributed by atoms with Gasteiger partial charge in [-0.3, -0.25) is 0 Å². The summed E-state index contributed by atoms with van der Waals surface area (Å²) in [6, 6.07) is 0. The maximum absolute atomic E-state index is 2.53. The third-order valence-corrected chi connectivity index (χ3v) is 2.92. The van der Waals surface area contributed by atoms with Crippen molar-refractivity contribution >= 4 is 0 Å². The van der Waals surface area contributed by atoms with Crippen LogP contribution in [0.3, 0.4) is 0 Å². The van der Waals surface area contributed by atoms with Crippen molar-refractivity contribution in [1.82, 2.24) is 4.90 Å². The fourth-order valence-corrected chi connectivity index (χ4v) is 2.18. The molecular weight excluding hydrogens is 182 g/mol. The molecule has 0 N–H and O–H groups in total. The summed E-state index contributed by atoms with van der Waals surface area (Å²) in [5.41, 5.74) is 2.98. The standard InChI is InChI=1S/C14H25N/c1-4-8-13(3)12-14(9-5-2)15-10-6-7-11-15/h9,12H,4-8,10-11H2,1-3H3. The molecule has 1 saturated heterocycles. The van der Waals surface area contributed by atoms with E-state index in [9.17, 15) is 0 Å². The van der Waals surface area contributed by atoms with Gasteiger partial charge in [-0.1, -0.05) is 31.9 Å². The average molecular weight is 207 g/mol. The van der Waals surface area contributed by atoms with Gasteiger partial charge in [-0.05, 0) is 38.7 Å². The van der Waals surface area contributed by atoms with Crippen LogP contribution in [0.1, 0.15) is 52.9 Å². The summed E-state index contributed by atoms with van der Waals surface area (Å²) in [7, 11) is 0.